The lowest BCUT2D eigenvalue weighted by molar-refractivity contribution is -0.122. The lowest BCUT2D eigenvalue weighted by Gasteiger charge is -2.35. The predicted octanol–water partition coefficient (Wildman–Crippen LogP) is 3.89. The molecule has 0 aliphatic heterocycles. The van der Waals surface area contributed by atoms with Crippen LogP contribution in [0.2, 0.25) is 0 Å². The quantitative estimate of drug-likeness (QED) is 0.714. The molecule has 0 spiro atoms. The summed E-state index contributed by atoms with van der Waals surface area (Å²) < 4.78 is 23.9. The summed E-state index contributed by atoms with van der Waals surface area (Å²) >= 11 is 0. The summed E-state index contributed by atoms with van der Waals surface area (Å²) in [7, 11) is -3.61. The van der Waals surface area contributed by atoms with Gasteiger partial charge in [-0.05, 0) is 38.5 Å². The van der Waals surface area contributed by atoms with E-state index in [1.165, 1.54) is 0 Å². The second kappa shape index (κ2) is 5.07. The first kappa shape index (κ1) is 14.2. The monoisotopic (exact) mass is 274 g/mol. The van der Waals surface area contributed by atoms with Gasteiger partial charge >= 0.3 is 7.60 Å². The maximum atomic E-state index is 12.8. The Hall–Kier alpha value is -0.180. The van der Waals surface area contributed by atoms with Crippen LogP contribution >= 0.6 is 7.60 Å². The van der Waals surface area contributed by atoms with E-state index in [9.17, 15) is 9.36 Å². The van der Waals surface area contributed by atoms with Crippen LogP contribution < -0.4 is 0 Å². The van der Waals surface area contributed by atoms with Crippen LogP contribution in [0.15, 0.2) is 0 Å². The third-order valence-corrected chi connectivity index (χ3v) is 5.89. The fourth-order valence-electron chi connectivity index (χ4n) is 1.88. The Kier molecular flexibility index (Phi) is 4.01. The van der Waals surface area contributed by atoms with Crippen LogP contribution in [-0.2, 0) is 18.4 Å². The molecule has 0 bridgehead atoms. The van der Waals surface area contributed by atoms with Gasteiger partial charge in [-0.25, -0.2) is 0 Å². The number of rotatable bonds is 5. The van der Waals surface area contributed by atoms with Gasteiger partial charge in [-0.2, -0.15) is 0 Å². The molecule has 2 fully saturated rings. The van der Waals surface area contributed by atoms with Crippen molar-refractivity contribution in [1.29, 1.82) is 0 Å². The molecular weight excluding hydrogens is 251 g/mol. The van der Waals surface area contributed by atoms with E-state index in [-0.39, 0.29) is 17.7 Å². The van der Waals surface area contributed by atoms with Gasteiger partial charge in [0.25, 0.3) is 0 Å². The molecule has 0 aromatic carbocycles. The molecule has 0 heterocycles. The summed E-state index contributed by atoms with van der Waals surface area (Å²) in [6.45, 7) is 5.28. The van der Waals surface area contributed by atoms with Crippen LogP contribution in [0.4, 0.5) is 0 Å². The zero-order chi connectivity index (χ0) is 13.4. The highest BCUT2D eigenvalue weighted by atomic mass is 31.2. The second-order valence-electron chi connectivity index (χ2n) is 6.37. The van der Waals surface area contributed by atoms with Crippen molar-refractivity contribution < 1.29 is 18.4 Å². The third kappa shape index (κ3) is 3.04. The number of hydrogen-bond acceptors (Lipinski definition) is 4. The Morgan fingerprint density at radius 2 is 1.39 bits per heavy atom. The summed E-state index contributed by atoms with van der Waals surface area (Å²) in [4.78, 5) is 12.3. The Morgan fingerprint density at radius 1 is 1.00 bits per heavy atom. The molecule has 5 heteroatoms. The molecule has 0 aromatic rings. The summed E-state index contributed by atoms with van der Waals surface area (Å²) in [6.07, 6.45) is 5.59. The fraction of sp³-hybridized carbons (Fsp3) is 0.923. The highest BCUT2D eigenvalue weighted by Gasteiger charge is 2.46. The molecule has 0 unspecified atom stereocenters. The van der Waals surface area contributed by atoms with E-state index >= 15 is 0 Å². The fourth-order valence-corrected chi connectivity index (χ4v) is 4.15. The largest absolute Gasteiger partial charge is 0.397 e. The van der Waals surface area contributed by atoms with Crippen LogP contribution in [0.5, 0.6) is 0 Å². The Balaban J connectivity index is 2.09. The predicted molar refractivity (Wildman–Crippen MR) is 69.5 cm³/mol. The van der Waals surface area contributed by atoms with Crippen LogP contribution in [0.3, 0.4) is 0 Å². The van der Waals surface area contributed by atoms with Gasteiger partial charge in [0.15, 0.2) is 0 Å². The number of carbonyl (C=O) groups is 1. The summed E-state index contributed by atoms with van der Waals surface area (Å²) in [5.41, 5.74) is -1.07. The lowest BCUT2D eigenvalue weighted by Crippen LogP contribution is -2.31. The summed E-state index contributed by atoms with van der Waals surface area (Å²) in [5, 5.41) is 0. The van der Waals surface area contributed by atoms with Gasteiger partial charge in [0.1, 0.15) is 0 Å². The van der Waals surface area contributed by atoms with E-state index in [1.807, 2.05) is 0 Å². The summed E-state index contributed by atoms with van der Waals surface area (Å²) in [6, 6.07) is 0. The lowest BCUT2D eigenvalue weighted by atomic mass is 9.97. The van der Waals surface area contributed by atoms with E-state index in [0.29, 0.717) is 0 Å². The normalized spacial score (nSPS) is 22.4. The van der Waals surface area contributed by atoms with Crippen molar-refractivity contribution in [3.63, 3.8) is 0 Å². The van der Waals surface area contributed by atoms with Crippen LogP contribution in [0.1, 0.15) is 59.3 Å². The maximum absolute atomic E-state index is 12.8. The molecule has 0 aromatic heterocycles. The van der Waals surface area contributed by atoms with Gasteiger partial charge < -0.3 is 0 Å². The average molecular weight is 274 g/mol. The molecule has 0 amide bonds. The first-order valence-corrected chi connectivity index (χ1v) is 8.37. The summed E-state index contributed by atoms with van der Waals surface area (Å²) in [5.74, 6) is 0. The van der Waals surface area contributed by atoms with Gasteiger partial charge in [-0.15, -0.1) is 0 Å². The molecule has 0 N–H and O–H groups in total. The average Bonchev–Trinajstić information content (AvgIpc) is 2.15. The van der Waals surface area contributed by atoms with Crippen molar-refractivity contribution in [1.82, 2.24) is 0 Å². The maximum Gasteiger partial charge on any atom is 0.397 e. The van der Waals surface area contributed by atoms with E-state index in [4.69, 9.17) is 9.05 Å². The van der Waals surface area contributed by atoms with E-state index in [2.05, 4.69) is 0 Å². The van der Waals surface area contributed by atoms with Crippen molar-refractivity contribution in [2.24, 2.45) is 5.41 Å². The Bertz CT molecular complexity index is 344. The highest BCUT2D eigenvalue weighted by Crippen LogP contribution is 2.58. The Morgan fingerprint density at radius 3 is 1.61 bits per heavy atom. The van der Waals surface area contributed by atoms with Crippen molar-refractivity contribution >= 4 is 13.1 Å². The highest BCUT2D eigenvalue weighted by molar-refractivity contribution is 7.72. The van der Waals surface area contributed by atoms with Crippen LogP contribution in [-0.4, -0.2) is 17.7 Å². The molecule has 18 heavy (non-hydrogen) atoms. The van der Waals surface area contributed by atoms with Crippen LogP contribution in [0, 0.1) is 5.41 Å². The molecule has 0 atom stereocenters. The van der Waals surface area contributed by atoms with Crippen LogP contribution in [0.25, 0.3) is 0 Å². The van der Waals surface area contributed by atoms with Crippen molar-refractivity contribution in [3.8, 4) is 0 Å². The SMILES string of the molecule is CC(C)(C)C(=O)P(=O)(OC1CCC1)OC1CCC1. The first-order chi connectivity index (χ1) is 8.31. The van der Waals surface area contributed by atoms with Crippen molar-refractivity contribution in [3.05, 3.63) is 0 Å². The van der Waals surface area contributed by atoms with Gasteiger partial charge in [0.05, 0.1) is 12.2 Å². The molecule has 2 saturated carbocycles. The molecule has 2 aliphatic rings. The molecule has 2 aliphatic carbocycles. The minimum atomic E-state index is -3.61. The van der Waals surface area contributed by atoms with Crippen molar-refractivity contribution in [2.75, 3.05) is 0 Å². The van der Waals surface area contributed by atoms with Crippen molar-refractivity contribution in [2.45, 2.75) is 71.5 Å². The zero-order valence-electron chi connectivity index (χ0n) is 11.5. The number of hydrogen-bond donors (Lipinski definition) is 0. The molecule has 0 saturated heterocycles. The van der Waals surface area contributed by atoms with E-state index < -0.39 is 13.0 Å². The van der Waals surface area contributed by atoms with Gasteiger partial charge in [0.2, 0.25) is 5.52 Å². The molecule has 2 rings (SSSR count). The second-order valence-corrected chi connectivity index (χ2v) is 8.19. The molecular formula is C13H23O4P. The van der Waals surface area contributed by atoms with E-state index in [1.54, 1.807) is 20.8 Å². The van der Waals surface area contributed by atoms with E-state index in [0.717, 1.165) is 38.5 Å². The molecule has 0 radical (unpaired) electrons. The topological polar surface area (TPSA) is 52.6 Å². The van der Waals surface area contributed by atoms with Gasteiger partial charge in [-0.1, -0.05) is 20.8 Å². The van der Waals surface area contributed by atoms with Gasteiger partial charge in [-0.3, -0.25) is 18.4 Å². The standard InChI is InChI=1S/C13H23O4P/c1-13(2,3)12(14)18(15,16-10-6-4-7-10)17-11-8-5-9-11/h10-11H,4-9H2,1-3H3. The number of carbonyl (C=O) groups excluding carboxylic acids is 1. The zero-order valence-corrected chi connectivity index (χ0v) is 12.4. The minimum absolute atomic E-state index is 0.0535. The molecule has 104 valence electrons. The third-order valence-electron chi connectivity index (χ3n) is 3.57. The smallest absolute Gasteiger partial charge is 0.300 e. The molecule has 4 nitrogen and oxygen atoms in total. The minimum Gasteiger partial charge on any atom is -0.300 e. The first-order valence-electron chi connectivity index (χ1n) is 6.83. The Labute approximate surface area is 109 Å². The van der Waals surface area contributed by atoms with Gasteiger partial charge in [0, 0.05) is 5.41 Å².